The number of carbonyl (C=O) groups excluding carboxylic acids is 2. The third-order valence-corrected chi connectivity index (χ3v) is 1.86. The van der Waals surface area contributed by atoms with Crippen LogP contribution in [-0.2, 0) is 0 Å². The summed E-state index contributed by atoms with van der Waals surface area (Å²) in [6.45, 7) is 2.17. The predicted octanol–water partition coefficient (Wildman–Crippen LogP) is 1.58. The van der Waals surface area contributed by atoms with Crippen molar-refractivity contribution >= 4 is 12.6 Å². The Labute approximate surface area is 87.1 Å². The molecular formula is C11H9NO3. The van der Waals surface area contributed by atoms with Crippen molar-refractivity contribution in [1.29, 1.82) is 5.26 Å². The summed E-state index contributed by atoms with van der Waals surface area (Å²) in [6, 6.07) is 4.62. The van der Waals surface area contributed by atoms with Crippen molar-refractivity contribution in [3.8, 4) is 11.8 Å². The summed E-state index contributed by atoms with van der Waals surface area (Å²) in [5, 5.41) is 8.75. The van der Waals surface area contributed by atoms with Crippen molar-refractivity contribution < 1.29 is 14.3 Å². The smallest absolute Gasteiger partial charge is 0.153 e. The second-order valence-electron chi connectivity index (χ2n) is 2.76. The highest BCUT2D eigenvalue weighted by Crippen LogP contribution is 2.21. The quantitative estimate of drug-likeness (QED) is 0.697. The molecule has 0 amide bonds. The van der Waals surface area contributed by atoms with Gasteiger partial charge in [0.2, 0.25) is 0 Å². The Balaban J connectivity index is 3.35. The molecule has 0 unspecified atom stereocenters. The molecule has 76 valence electrons. The lowest BCUT2D eigenvalue weighted by Gasteiger charge is -2.07. The van der Waals surface area contributed by atoms with Crippen LogP contribution in [0.4, 0.5) is 0 Å². The van der Waals surface area contributed by atoms with Gasteiger partial charge >= 0.3 is 0 Å². The van der Waals surface area contributed by atoms with E-state index < -0.39 is 0 Å². The van der Waals surface area contributed by atoms with Gasteiger partial charge in [-0.25, -0.2) is 0 Å². The molecule has 0 heterocycles. The fourth-order valence-electron chi connectivity index (χ4n) is 1.18. The number of rotatable bonds is 4. The van der Waals surface area contributed by atoms with Gasteiger partial charge in [-0.3, -0.25) is 9.59 Å². The minimum atomic E-state index is 0.197. The van der Waals surface area contributed by atoms with Gasteiger partial charge in [0, 0.05) is 5.56 Å². The lowest BCUT2D eigenvalue weighted by atomic mass is 10.1. The molecule has 0 spiro atoms. The van der Waals surface area contributed by atoms with E-state index in [1.165, 1.54) is 12.1 Å². The van der Waals surface area contributed by atoms with E-state index in [-0.39, 0.29) is 16.7 Å². The highest BCUT2D eigenvalue weighted by Gasteiger charge is 2.09. The van der Waals surface area contributed by atoms with Gasteiger partial charge in [0.25, 0.3) is 0 Å². The molecule has 0 atom stereocenters. The van der Waals surface area contributed by atoms with Crippen LogP contribution in [0.15, 0.2) is 12.1 Å². The molecule has 0 aromatic heterocycles. The molecule has 0 radical (unpaired) electrons. The number of aldehydes is 2. The fourth-order valence-corrected chi connectivity index (χ4v) is 1.18. The average molecular weight is 203 g/mol. The predicted molar refractivity (Wildman–Crippen MR) is 53.1 cm³/mol. The van der Waals surface area contributed by atoms with Crippen LogP contribution < -0.4 is 4.74 Å². The first kappa shape index (κ1) is 10.9. The Morgan fingerprint density at radius 1 is 1.33 bits per heavy atom. The van der Waals surface area contributed by atoms with Crippen LogP contribution in [0.25, 0.3) is 0 Å². The highest BCUT2D eigenvalue weighted by molar-refractivity contribution is 5.87. The normalized spacial score (nSPS) is 9.07. The van der Waals surface area contributed by atoms with E-state index in [0.717, 1.165) is 0 Å². The van der Waals surface area contributed by atoms with Gasteiger partial charge in [-0.05, 0) is 19.1 Å². The van der Waals surface area contributed by atoms with Crippen molar-refractivity contribution in [2.45, 2.75) is 6.92 Å². The second kappa shape index (κ2) is 4.91. The molecule has 0 aliphatic rings. The minimum Gasteiger partial charge on any atom is -0.493 e. The lowest BCUT2D eigenvalue weighted by molar-refractivity contribution is 0.111. The maximum atomic E-state index is 10.7. The first-order valence-corrected chi connectivity index (χ1v) is 4.38. The van der Waals surface area contributed by atoms with Gasteiger partial charge in [-0.1, -0.05) is 0 Å². The molecule has 4 nitrogen and oxygen atoms in total. The molecule has 0 saturated carbocycles. The van der Waals surface area contributed by atoms with E-state index in [4.69, 9.17) is 10.00 Å². The number of benzene rings is 1. The minimum absolute atomic E-state index is 0.197. The Kier molecular flexibility index (Phi) is 3.58. The molecular weight excluding hydrogens is 194 g/mol. The maximum absolute atomic E-state index is 10.7. The van der Waals surface area contributed by atoms with Crippen LogP contribution in [0.2, 0.25) is 0 Å². The summed E-state index contributed by atoms with van der Waals surface area (Å²) in [7, 11) is 0. The van der Waals surface area contributed by atoms with Crippen LogP contribution in [0.5, 0.6) is 5.75 Å². The molecule has 1 rings (SSSR count). The lowest BCUT2D eigenvalue weighted by Crippen LogP contribution is -1.99. The number of ether oxygens (including phenoxy) is 1. The molecule has 0 N–H and O–H groups in total. The van der Waals surface area contributed by atoms with Crippen molar-refractivity contribution in [3.63, 3.8) is 0 Å². The van der Waals surface area contributed by atoms with Gasteiger partial charge in [-0.15, -0.1) is 0 Å². The van der Waals surface area contributed by atoms with E-state index >= 15 is 0 Å². The summed E-state index contributed by atoms with van der Waals surface area (Å²) >= 11 is 0. The van der Waals surface area contributed by atoms with Gasteiger partial charge in [-0.2, -0.15) is 5.26 Å². The molecule has 0 bridgehead atoms. The zero-order chi connectivity index (χ0) is 11.3. The topological polar surface area (TPSA) is 67.2 Å². The summed E-state index contributed by atoms with van der Waals surface area (Å²) in [5.41, 5.74) is 0.681. The number of carbonyl (C=O) groups is 2. The first-order chi connectivity index (χ1) is 7.26. The summed E-state index contributed by atoms with van der Waals surface area (Å²) in [6.07, 6.45) is 1.14. The molecule has 1 aromatic rings. The summed E-state index contributed by atoms with van der Waals surface area (Å²) < 4.78 is 5.17. The first-order valence-electron chi connectivity index (χ1n) is 4.38. The van der Waals surface area contributed by atoms with Crippen molar-refractivity contribution in [1.82, 2.24) is 0 Å². The van der Waals surface area contributed by atoms with Crippen molar-refractivity contribution in [2.75, 3.05) is 6.61 Å². The largest absolute Gasteiger partial charge is 0.493 e. The molecule has 0 fully saturated rings. The van der Waals surface area contributed by atoms with Crippen molar-refractivity contribution in [3.05, 3.63) is 28.8 Å². The maximum Gasteiger partial charge on any atom is 0.153 e. The van der Waals surface area contributed by atoms with E-state index in [1.54, 1.807) is 6.92 Å². The van der Waals surface area contributed by atoms with E-state index in [2.05, 4.69) is 0 Å². The standard InChI is InChI=1S/C11H9NO3/c1-2-15-11-4-8(5-12)9(6-13)3-10(11)7-14/h3-4,6-7H,2H2,1H3. The average Bonchev–Trinajstić information content (AvgIpc) is 2.28. The fraction of sp³-hybridized carbons (Fsp3) is 0.182. The summed E-state index contributed by atoms with van der Waals surface area (Å²) in [4.78, 5) is 21.3. The highest BCUT2D eigenvalue weighted by atomic mass is 16.5. The summed E-state index contributed by atoms with van der Waals surface area (Å²) in [5.74, 6) is 0.328. The van der Waals surface area contributed by atoms with E-state index in [0.29, 0.717) is 24.9 Å². The van der Waals surface area contributed by atoms with Crippen LogP contribution in [0, 0.1) is 11.3 Å². The van der Waals surface area contributed by atoms with Crippen LogP contribution in [0.3, 0.4) is 0 Å². The number of nitrogens with zero attached hydrogens (tertiary/aromatic N) is 1. The van der Waals surface area contributed by atoms with Gasteiger partial charge in [0.05, 0.1) is 17.7 Å². The van der Waals surface area contributed by atoms with Crippen LogP contribution >= 0.6 is 0 Å². The molecule has 0 aliphatic carbocycles. The van der Waals surface area contributed by atoms with Crippen LogP contribution in [0.1, 0.15) is 33.2 Å². The van der Waals surface area contributed by atoms with Crippen molar-refractivity contribution in [2.24, 2.45) is 0 Å². The van der Waals surface area contributed by atoms with Gasteiger partial charge in [0.15, 0.2) is 12.6 Å². The monoisotopic (exact) mass is 203 g/mol. The number of hydrogen-bond acceptors (Lipinski definition) is 4. The zero-order valence-electron chi connectivity index (χ0n) is 8.19. The van der Waals surface area contributed by atoms with Gasteiger partial charge in [0.1, 0.15) is 11.8 Å². The molecule has 0 saturated heterocycles. The SMILES string of the molecule is CCOc1cc(C#N)c(C=O)cc1C=O. The molecule has 15 heavy (non-hydrogen) atoms. The van der Waals surface area contributed by atoms with Crippen LogP contribution in [-0.4, -0.2) is 19.2 Å². The Morgan fingerprint density at radius 2 is 2.00 bits per heavy atom. The second-order valence-corrected chi connectivity index (χ2v) is 2.76. The van der Waals surface area contributed by atoms with E-state index in [1.807, 2.05) is 6.07 Å². The third-order valence-electron chi connectivity index (χ3n) is 1.86. The molecule has 4 heteroatoms. The third kappa shape index (κ3) is 2.20. The Bertz CT molecular complexity index is 432. The Morgan fingerprint density at radius 3 is 2.47 bits per heavy atom. The zero-order valence-corrected chi connectivity index (χ0v) is 8.19. The molecule has 0 aliphatic heterocycles. The number of hydrogen-bond donors (Lipinski definition) is 0. The molecule has 1 aromatic carbocycles. The van der Waals surface area contributed by atoms with E-state index in [9.17, 15) is 9.59 Å². The Hall–Kier alpha value is -2.15. The number of nitriles is 1. The van der Waals surface area contributed by atoms with Gasteiger partial charge < -0.3 is 4.74 Å².